The van der Waals surface area contributed by atoms with E-state index in [9.17, 15) is 19.2 Å². The number of hydrogen-bond acceptors (Lipinski definition) is 5. The van der Waals surface area contributed by atoms with Crippen molar-refractivity contribution in [2.24, 2.45) is 4.99 Å². The molecule has 0 aromatic carbocycles. The molecule has 0 aliphatic carbocycles. The molecule has 0 saturated heterocycles. The van der Waals surface area contributed by atoms with Crippen LogP contribution in [-0.2, 0) is 19.2 Å². The summed E-state index contributed by atoms with van der Waals surface area (Å²) in [6.07, 6.45) is 3.75. The molecule has 0 aromatic rings. The lowest BCUT2D eigenvalue weighted by Crippen LogP contribution is -2.43. The fraction of sp³-hybridized carbons (Fsp3) is 0.500. The first-order valence-electron chi connectivity index (χ1n) is 7.03. The molecule has 1 heterocycles. The average Bonchev–Trinajstić information content (AvgIpc) is 2.94. The normalized spacial score (nSPS) is 15.4. The Bertz CT molecular complexity index is 555. The van der Waals surface area contributed by atoms with Crippen molar-refractivity contribution < 1.29 is 29.4 Å². The van der Waals surface area contributed by atoms with E-state index in [2.05, 4.69) is 15.6 Å². The van der Waals surface area contributed by atoms with E-state index >= 15 is 0 Å². The van der Waals surface area contributed by atoms with Crippen LogP contribution in [0.3, 0.4) is 0 Å². The van der Waals surface area contributed by atoms with Gasteiger partial charge in [0.2, 0.25) is 11.8 Å². The average molecular weight is 325 g/mol. The van der Waals surface area contributed by atoms with E-state index in [-0.39, 0.29) is 19.3 Å². The molecule has 0 spiro atoms. The Kier molecular flexibility index (Phi) is 6.91. The molecular weight excluding hydrogens is 306 g/mol. The van der Waals surface area contributed by atoms with Gasteiger partial charge in [-0.05, 0) is 6.42 Å². The topological polar surface area (TPSA) is 145 Å². The molecule has 0 bridgehead atoms. The molecule has 1 aliphatic heterocycles. The van der Waals surface area contributed by atoms with Crippen molar-refractivity contribution in [1.82, 2.24) is 10.6 Å². The summed E-state index contributed by atoms with van der Waals surface area (Å²) in [6.45, 7) is 1.17. The van der Waals surface area contributed by atoms with Crippen molar-refractivity contribution in [1.29, 1.82) is 0 Å². The van der Waals surface area contributed by atoms with Crippen LogP contribution < -0.4 is 10.6 Å². The number of carbonyl (C=O) groups excluding carboxylic acids is 2. The summed E-state index contributed by atoms with van der Waals surface area (Å²) in [5.41, 5.74) is 0.583. The monoisotopic (exact) mass is 325 g/mol. The molecule has 9 heteroatoms. The zero-order valence-corrected chi connectivity index (χ0v) is 12.6. The van der Waals surface area contributed by atoms with Crippen LogP contribution in [0.25, 0.3) is 0 Å². The number of carboxylic acids is 2. The summed E-state index contributed by atoms with van der Waals surface area (Å²) < 4.78 is 0. The maximum Gasteiger partial charge on any atom is 0.326 e. The SMILES string of the molecule is CC(=O)NC(CCC(=O)NC(CC1=CCC=N1)C(=O)O)C(=O)O. The van der Waals surface area contributed by atoms with Crippen molar-refractivity contribution in [3.05, 3.63) is 11.8 Å². The molecule has 23 heavy (non-hydrogen) atoms. The van der Waals surface area contributed by atoms with E-state index in [0.29, 0.717) is 12.1 Å². The second-order valence-electron chi connectivity index (χ2n) is 5.04. The number of allylic oxidation sites excluding steroid dienone is 1. The van der Waals surface area contributed by atoms with Gasteiger partial charge in [0.05, 0.1) is 0 Å². The van der Waals surface area contributed by atoms with E-state index < -0.39 is 35.8 Å². The minimum absolute atomic E-state index is 0.0611. The maximum absolute atomic E-state index is 11.8. The molecule has 2 amide bonds. The van der Waals surface area contributed by atoms with Gasteiger partial charge in [0.25, 0.3) is 0 Å². The van der Waals surface area contributed by atoms with Crippen LogP contribution in [0.15, 0.2) is 16.8 Å². The second kappa shape index (κ2) is 8.66. The molecule has 9 nitrogen and oxygen atoms in total. The van der Waals surface area contributed by atoms with Crippen LogP contribution in [-0.4, -0.2) is 52.3 Å². The molecule has 0 saturated carbocycles. The summed E-state index contributed by atoms with van der Waals surface area (Å²) in [6, 6.07) is -2.32. The molecule has 0 radical (unpaired) electrons. The number of aliphatic carboxylic acids is 2. The van der Waals surface area contributed by atoms with Gasteiger partial charge in [0, 0.05) is 38.1 Å². The number of nitrogens with zero attached hydrogens (tertiary/aromatic N) is 1. The Morgan fingerprint density at radius 1 is 1.17 bits per heavy atom. The third-order valence-electron chi connectivity index (χ3n) is 3.10. The van der Waals surface area contributed by atoms with Crippen LogP contribution in [0.1, 0.15) is 32.6 Å². The van der Waals surface area contributed by atoms with Crippen molar-refractivity contribution >= 4 is 30.0 Å². The van der Waals surface area contributed by atoms with Crippen molar-refractivity contribution in [2.75, 3.05) is 0 Å². The van der Waals surface area contributed by atoms with Gasteiger partial charge in [0.1, 0.15) is 12.1 Å². The lowest BCUT2D eigenvalue weighted by atomic mass is 10.1. The van der Waals surface area contributed by atoms with E-state index in [1.165, 1.54) is 6.92 Å². The van der Waals surface area contributed by atoms with E-state index in [1.54, 1.807) is 12.3 Å². The first kappa shape index (κ1) is 18.3. The zero-order chi connectivity index (χ0) is 17.4. The summed E-state index contributed by atoms with van der Waals surface area (Å²) in [4.78, 5) is 48.8. The van der Waals surface area contributed by atoms with Crippen LogP contribution >= 0.6 is 0 Å². The van der Waals surface area contributed by atoms with Gasteiger partial charge in [-0.2, -0.15) is 0 Å². The molecule has 2 unspecified atom stereocenters. The fourth-order valence-electron chi connectivity index (χ4n) is 2.00. The number of rotatable bonds is 9. The maximum atomic E-state index is 11.8. The van der Waals surface area contributed by atoms with Gasteiger partial charge in [0.15, 0.2) is 0 Å². The summed E-state index contributed by atoms with van der Waals surface area (Å²) >= 11 is 0. The Balaban J connectivity index is 2.51. The van der Waals surface area contributed by atoms with Crippen molar-refractivity contribution in [3.63, 3.8) is 0 Å². The van der Waals surface area contributed by atoms with E-state index in [1.807, 2.05) is 0 Å². The van der Waals surface area contributed by atoms with Crippen LogP contribution in [0.2, 0.25) is 0 Å². The van der Waals surface area contributed by atoms with Crippen LogP contribution in [0.4, 0.5) is 0 Å². The highest BCUT2D eigenvalue weighted by Crippen LogP contribution is 2.13. The molecule has 4 N–H and O–H groups in total. The molecule has 1 rings (SSSR count). The van der Waals surface area contributed by atoms with E-state index in [0.717, 1.165) is 0 Å². The summed E-state index contributed by atoms with van der Waals surface area (Å²) in [5, 5.41) is 22.6. The lowest BCUT2D eigenvalue weighted by Gasteiger charge is -2.16. The molecule has 126 valence electrons. The molecular formula is C14H19N3O6. The minimum atomic E-state index is -1.26. The van der Waals surface area contributed by atoms with Crippen molar-refractivity contribution in [3.8, 4) is 0 Å². The number of amides is 2. The van der Waals surface area contributed by atoms with E-state index in [4.69, 9.17) is 10.2 Å². The van der Waals surface area contributed by atoms with Gasteiger partial charge in [-0.25, -0.2) is 9.59 Å². The molecule has 0 aromatic heterocycles. The predicted molar refractivity (Wildman–Crippen MR) is 79.9 cm³/mol. The molecule has 1 aliphatic rings. The molecule has 0 fully saturated rings. The third kappa shape index (κ3) is 6.72. The smallest absolute Gasteiger partial charge is 0.326 e. The largest absolute Gasteiger partial charge is 0.480 e. The van der Waals surface area contributed by atoms with Crippen LogP contribution in [0, 0.1) is 0 Å². The van der Waals surface area contributed by atoms with Gasteiger partial charge < -0.3 is 20.8 Å². The van der Waals surface area contributed by atoms with Crippen molar-refractivity contribution in [2.45, 2.75) is 44.7 Å². The van der Waals surface area contributed by atoms with Gasteiger partial charge >= 0.3 is 11.9 Å². The zero-order valence-electron chi connectivity index (χ0n) is 12.6. The van der Waals surface area contributed by atoms with Gasteiger partial charge in [-0.3, -0.25) is 14.6 Å². The first-order valence-corrected chi connectivity index (χ1v) is 7.03. The third-order valence-corrected chi connectivity index (χ3v) is 3.10. The summed E-state index contributed by atoms with van der Waals surface area (Å²) in [5.74, 6) is -3.57. The second-order valence-corrected chi connectivity index (χ2v) is 5.04. The number of carboxylic acid groups (broad SMARTS) is 2. The number of nitrogens with one attached hydrogen (secondary N) is 2. The van der Waals surface area contributed by atoms with Gasteiger partial charge in [-0.1, -0.05) is 6.08 Å². The number of carbonyl (C=O) groups is 4. The Hall–Kier alpha value is -2.71. The fourth-order valence-corrected chi connectivity index (χ4v) is 2.00. The number of aliphatic imine (C=N–C) groups is 1. The summed E-state index contributed by atoms with van der Waals surface area (Å²) in [7, 11) is 0. The predicted octanol–water partition coefficient (Wildman–Crippen LogP) is -0.326. The first-order chi connectivity index (χ1) is 10.8. The number of hydrogen-bond donors (Lipinski definition) is 4. The highest BCUT2D eigenvalue weighted by Gasteiger charge is 2.24. The van der Waals surface area contributed by atoms with Crippen LogP contribution in [0.5, 0.6) is 0 Å². The minimum Gasteiger partial charge on any atom is -0.480 e. The lowest BCUT2D eigenvalue weighted by molar-refractivity contribution is -0.143. The quantitative estimate of drug-likeness (QED) is 0.457. The van der Waals surface area contributed by atoms with Gasteiger partial charge in [-0.15, -0.1) is 0 Å². The standard InChI is InChI=1S/C14H19N3O6/c1-8(18)16-10(13(20)21)4-5-12(19)17-11(14(22)23)7-9-3-2-6-15-9/h3,6,10-11H,2,4-5,7H2,1H3,(H,16,18)(H,17,19)(H,20,21)(H,22,23). The Morgan fingerprint density at radius 2 is 1.83 bits per heavy atom. The highest BCUT2D eigenvalue weighted by molar-refractivity contribution is 5.85. The highest BCUT2D eigenvalue weighted by atomic mass is 16.4. The Labute approximate surface area is 132 Å². The molecule has 2 atom stereocenters. The Morgan fingerprint density at radius 3 is 2.30 bits per heavy atom.